The Bertz CT molecular complexity index is 2640. The summed E-state index contributed by atoms with van der Waals surface area (Å²) < 4.78 is 4.67. The molecule has 0 radical (unpaired) electrons. The van der Waals surface area contributed by atoms with Crippen molar-refractivity contribution in [3.63, 3.8) is 0 Å². The predicted molar refractivity (Wildman–Crippen MR) is 188 cm³/mol. The largest absolute Gasteiger partial charge is 0.276 e. The lowest BCUT2D eigenvalue weighted by atomic mass is 10.0. The molecule has 9 aromatic rings. The van der Waals surface area contributed by atoms with Crippen LogP contribution in [0.15, 0.2) is 140 Å². The van der Waals surface area contributed by atoms with Crippen molar-refractivity contribution >= 4 is 53.3 Å². The van der Waals surface area contributed by atoms with E-state index in [0.29, 0.717) is 23.2 Å². The molecule has 3 aromatic heterocycles. The highest BCUT2D eigenvalue weighted by molar-refractivity contribution is 7.26. The summed E-state index contributed by atoms with van der Waals surface area (Å²) >= 11 is 1.81. The average molecular weight is 606 g/mol. The van der Waals surface area contributed by atoms with E-state index in [1.165, 1.54) is 25.6 Å². The lowest BCUT2D eigenvalue weighted by molar-refractivity contribution is 0.955. The SMILES string of the molecule is N#Cc1ccc(-c2cccc(-c3nc(-c4ccccc4)nc(-n4c5ccccc5c5ccc6c7ccccc7sc6c54)n3)c2)cc1. The molecule has 6 heteroatoms. The van der Waals surface area contributed by atoms with E-state index in [9.17, 15) is 5.26 Å². The molecule has 5 nitrogen and oxygen atoms in total. The van der Waals surface area contributed by atoms with Gasteiger partial charge >= 0.3 is 0 Å². The Labute approximate surface area is 268 Å². The van der Waals surface area contributed by atoms with Crippen LogP contribution in [0.5, 0.6) is 0 Å². The van der Waals surface area contributed by atoms with Gasteiger partial charge in [-0.15, -0.1) is 11.3 Å². The zero-order valence-electron chi connectivity index (χ0n) is 24.4. The van der Waals surface area contributed by atoms with Crippen molar-refractivity contribution < 1.29 is 0 Å². The fourth-order valence-corrected chi connectivity index (χ4v) is 7.56. The van der Waals surface area contributed by atoms with Gasteiger partial charge in [-0.05, 0) is 41.5 Å². The third-order valence-corrected chi connectivity index (χ3v) is 9.70. The monoisotopic (exact) mass is 605 g/mol. The normalized spacial score (nSPS) is 11.5. The predicted octanol–water partition coefficient (Wildman–Crippen LogP) is 10.2. The van der Waals surface area contributed by atoms with E-state index < -0.39 is 0 Å². The second kappa shape index (κ2) is 10.5. The summed E-state index contributed by atoms with van der Waals surface area (Å²) in [4.78, 5) is 15.4. The van der Waals surface area contributed by atoms with Gasteiger partial charge in [-0.1, -0.05) is 109 Å². The smallest absolute Gasteiger partial charge is 0.238 e. The van der Waals surface area contributed by atoms with Crippen molar-refractivity contribution in [2.45, 2.75) is 0 Å². The maximum Gasteiger partial charge on any atom is 0.238 e. The van der Waals surface area contributed by atoms with Gasteiger partial charge in [0.2, 0.25) is 5.95 Å². The molecule has 0 bridgehead atoms. The molecule has 0 aliphatic rings. The molecule has 0 amide bonds. The first-order valence-corrected chi connectivity index (χ1v) is 15.8. The number of benzene rings is 6. The van der Waals surface area contributed by atoms with Gasteiger partial charge in [-0.3, -0.25) is 4.57 Å². The van der Waals surface area contributed by atoms with E-state index in [-0.39, 0.29) is 0 Å². The molecule has 46 heavy (non-hydrogen) atoms. The van der Waals surface area contributed by atoms with E-state index in [1.54, 1.807) is 11.3 Å². The zero-order valence-corrected chi connectivity index (χ0v) is 25.2. The van der Waals surface area contributed by atoms with E-state index >= 15 is 0 Å². The number of fused-ring (bicyclic) bond motifs is 7. The Hall–Kier alpha value is -6.16. The van der Waals surface area contributed by atoms with Gasteiger partial charge < -0.3 is 0 Å². The van der Waals surface area contributed by atoms with Gasteiger partial charge in [0, 0.05) is 37.4 Å². The lowest BCUT2D eigenvalue weighted by Gasteiger charge is -2.12. The Morgan fingerprint density at radius 2 is 1.20 bits per heavy atom. The van der Waals surface area contributed by atoms with E-state index in [0.717, 1.165) is 38.7 Å². The maximum atomic E-state index is 9.27. The number of para-hydroxylation sites is 1. The molecule has 0 saturated carbocycles. The van der Waals surface area contributed by atoms with E-state index in [1.807, 2.05) is 66.7 Å². The fraction of sp³-hybridized carbons (Fsp3) is 0. The molecule has 6 aromatic carbocycles. The summed E-state index contributed by atoms with van der Waals surface area (Å²) in [6.45, 7) is 0. The first-order valence-electron chi connectivity index (χ1n) is 15.0. The Morgan fingerprint density at radius 1 is 0.522 bits per heavy atom. The van der Waals surface area contributed by atoms with Gasteiger partial charge in [0.25, 0.3) is 0 Å². The first kappa shape index (κ1) is 26.3. The van der Waals surface area contributed by atoms with E-state index in [2.05, 4.69) is 83.4 Å². The summed E-state index contributed by atoms with van der Waals surface area (Å²) in [6, 6.07) is 49.7. The zero-order chi connectivity index (χ0) is 30.6. The Kier molecular flexibility index (Phi) is 5.98. The highest BCUT2D eigenvalue weighted by Gasteiger charge is 2.21. The molecule has 0 N–H and O–H groups in total. The first-order chi connectivity index (χ1) is 22.7. The van der Waals surface area contributed by atoms with Gasteiger partial charge in [0.1, 0.15) is 0 Å². The number of thiophene rings is 1. The lowest BCUT2D eigenvalue weighted by Crippen LogP contribution is -2.06. The molecule has 214 valence electrons. The maximum absolute atomic E-state index is 9.27. The molecule has 0 spiro atoms. The van der Waals surface area contributed by atoms with Crippen LogP contribution in [0.2, 0.25) is 0 Å². The third-order valence-electron chi connectivity index (χ3n) is 8.50. The second-order valence-corrected chi connectivity index (χ2v) is 12.3. The average Bonchev–Trinajstić information content (AvgIpc) is 3.68. The second-order valence-electron chi connectivity index (χ2n) is 11.2. The van der Waals surface area contributed by atoms with Crippen LogP contribution in [0.4, 0.5) is 0 Å². The summed E-state index contributed by atoms with van der Waals surface area (Å²) in [7, 11) is 0. The Morgan fingerprint density at radius 3 is 2.02 bits per heavy atom. The van der Waals surface area contributed by atoms with Crippen LogP contribution in [0.25, 0.3) is 81.8 Å². The van der Waals surface area contributed by atoms with Crippen LogP contribution in [0.3, 0.4) is 0 Å². The quantitative estimate of drug-likeness (QED) is 0.200. The minimum absolute atomic E-state index is 0.573. The molecule has 0 fully saturated rings. The fourth-order valence-electron chi connectivity index (χ4n) is 6.32. The van der Waals surface area contributed by atoms with Gasteiger partial charge in [0.15, 0.2) is 11.6 Å². The van der Waals surface area contributed by atoms with Crippen LogP contribution in [-0.2, 0) is 0 Å². The van der Waals surface area contributed by atoms with Gasteiger partial charge in [0.05, 0.1) is 27.4 Å². The van der Waals surface area contributed by atoms with Crippen LogP contribution < -0.4 is 0 Å². The minimum Gasteiger partial charge on any atom is -0.276 e. The molecular formula is C40H23N5S. The highest BCUT2D eigenvalue weighted by Crippen LogP contribution is 2.42. The van der Waals surface area contributed by atoms with Gasteiger partial charge in [-0.25, -0.2) is 4.98 Å². The molecular weight excluding hydrogens is 583 g/mol. The molecule has 3 heterocycles. The van der Waals surface area contributed by atoms with E-state index in [4.69, 9.17) is 15.0 Å². The number of nitriles is 1. The van der Waals surface area contributed by atoms with Crippen molar-refractivity contribution in [2.24, 2.45) is 0 Å². The molecule has 0 unspecified atom stereocenters. The van der Waals surface area contributed by atoms with Crippen molar-refractivity contribution in [2.75, 3.05) is 0 Å². The summed E-state index contributed by atoms with van der Waals surface area (Å²) in [5, 5.41) is 14.1. The van der Waals surface area contributed by atoms with Crippen molar-refractivity contribution in [3.8, 4) is 45.9 Å². The van der Waals surface area contributed by atoms with Crippen LogP contribution in [0.1, 0.15) is 5.56 Å². The molecule has 0 aliphatic carbocycles. The van der Waals surface area contributed by atoms with Crippen LogP contribution >= 0.6 is 11.3 Å². The third kappa shape index (κ3) is 4.18. The van der Waals surface area contributed by atoms with Crippen molar-refractivity contribution in [1.29, 1.82) is 5.26 Å². The summed E-state index contributed by atoms with van der Waals surface area (Å²) in [5.74, 6) is 1.77. The molecule has 0 saturated heterocycles. The topological polar surface area (TPSA) is 67.4 Å². The summed E-state index contributed by atoms with van der Waals surface area (Å²) in [5.41, 5.74) is 6.63. The minimum atomic E-state index is 0.573. The summed E-state index contributed by atoms with van der Waals surface area (Å²) in [6.07, 6.45) is 0. The molecule has 0 aliphatic heterocycles. The standard InChI is InChI=1S/C40H23N5S/c41-24-25-17-19-26(20-18-25)28-11-8-12-29(23-28)39-42-38(27-9-2-1-3-10-27)43-40(44-39)45-34-15-6-4-13-30(34)32-21-22-33-31-14-5-7-16-35(31)46-37(33)36(32)45/h1-23H. The van der Waals surface area contributed by atoms with Crippen LogP contribution in [0, 0.1) is 11.3 Å². The number of nitrogens with zero attached hydrogens (tertiary/aromatic N) is 5. The number of aromatic nitrogens is 4. The number of rotatable bonds is 4. The van der Waals surface area contributed by atoms with Gasteiger partial charge in [-0.2, -0.15) is 15.2 Å². The van der Waals surface area contributed by atoms with Crippen LogP contribution in [-0.4, -0.2) is 19.5 Å². The molecule has 9 rings (SSSR count). The number of hydrogen-bond acceptors (Lipinski definition) is 5. The Balaban J connectivity index is 1.33. The van der Waals surface area contributed by atoms with Crippen molar-refractivity contribution in [3.05, 3.63) is 145 Å². The van der Waals surface area contributed by atoms with Crippen molar-refractivity contribution in [1.82, 2.24) is 19.5 Å². The molecule has 0 atom stereocenters. The number of hydrogen-bond donors (Lipinski definition) is 0. The highest BCUT2D eigenvalue weighted by atomic mass is 32.1.